The number of terminal acetylenes is 1. The largest absolute Gasteiger partial charge is 0.331 e. The number of carbonyl (C=O) groups excluding carboxylic acids is 1. The van der Waals surface area contributed by atoms with Gasteiger partial charge in [-0.2, -0.15) is 0 Å². The lowest BCUT2D eigenvalue weighted by Crippen LogP contribution is -2.26. The number of carbonyl (C=O) groups is 1. The molecule has 2 nitrogen and oxygen atoms in total. The highest BCUT2D eigenvalue weighted by Crippen LogP contribution is 2.01. The Labute approximate surface area is 90.3 Å². The Morgan fingerprint density at radius 1 is 1.43 bits per heavy atom. The van der Waals surface area contributed by atoms with Crippen LogP contribution in [0.15, 0.2) is 30.3 Å². The van der Waals surface area contributed by atoms with E-state index in [4.69, 9.17) is 6.42 Å². The summed E-state index contributed by atoms with van der Waals surface area (Å²) < 4.78 is 0. The van der Waals surface area contributed by atoms with Crippen LogP contribution < -0.4 is 0 Å². The molecule has 1 aromatic carbocycles. The second kappa shape index (κ2) is 6.06. The molecule has 0 N–H and O–H groups in total. The Hall–Kier alpha value is -1.46. The molecule has 0 spiro atoms. The number of rotatable bonds is 2. The Balaban J connectivity index is 0.00000169. The third kappa shape index (κ3) is 3.12. The average Bonchev–Trinajstić information content (AvgIpc) is 2.18. The average molecular weight is 210 g/mol. The maximum atomic E-state index is 11.6. The first-order valence-electron chi connectivity index (χ1n) is 3.99. The van der Waals surface area contributed by atoms with Gasteiger partial charge in [-0.3, -0.25) is 4.79 Å². The van der Waals surface area contributed by atoms with E-state index >= 15 is 0 Å². The van der Waals surface area contributed by atoms with Crippen molar-refractivity contribution >= 4 is 18.3 Å². The monoisotopic (exact) mass is 209 g/mol. The molecule has 0 fully saturated rings. The van der Waals surface area contributed by atoms with Crippen LogP contribution in [0.4, 0.5) is 0 Å². The molecule has 0 aliphatic carbocycles. The summed E-state index contributed by atoms with van der Waals surface area (Å²) in [6.07, 6.45) is 5.10. The summed E-state index contributed by atoms with van der Waals surface area (Å²) in [6, 6.07) is 9.08. The molecule has 0 radical (unpaired) electrons. The van der Waals surface area contributed by atoms with Crippen LogP contribution in [0.5, 0.6) is 0 Å². The van der Waals surface area contributed by atoms with E-state index in [1.807, 2.05) is 18.2 Å². The SMILES string of the molecule is C#CCN(C)C(=O)c1ccccc1.Cl. The van der Waals surface area contributed by atoms with E-state index in [-0.39, 0.29) is 18.3 Å². The van der Waals surface area contributed by atoms with Gasteiger partial charge in [0.1, 0.15) is 0 Å². The number of halogens is 1. The van der Waals surface area contributed by atoms with E-state index in [0.717, 1.165) is 0 Å². The summed E-state index contributed by atoms with van der Waals surface area (Å²) in [4.78, 5) is 13.1. The maximum absolute atomic E-state index is 11.6. The van der Waals surface area contributed by atoms with Crippen molar-refractivity contribution in [2.45, 2.75) is 0 Å². The number of nitrogens with zero attached hydrogens (tertiary/aromatic N) is 1. The van der Waals surface area contributed by atoms with Crippen LogP contribution in [-0.4, -0.2) is 24.4 Å². The number of hydrogen-bond donors (Lipinski definition) is 0. The predicted octanol–water partition coefficient (Wildman–Crippen LogP) is 1.81. The lowest BCUT2D eigenvalue weighted by Gasteiger charge is -2.13. The minimum Gasteiger partial charge on any atom is -0.331 e. The van der Waals surface area contributed by atoms with Crippen molar-refractivity contribution in [3.8, 4) is 12.3 Å². The second-order valence-corrected chi connectivity index (χ2v) is 2.73. The fraction of sp³-hybridized carbons (Fsp3) is 0.182. The van der Waals surface area contributed by atoms with Crippen LogP contribution >= 0.6 is 12.4 Å². The van der Waals surface area contributed by atoms with E-state index < -0.39 is 0 Å². The van der Waals surface area contributed by atoms with Crippen molar-refractivity contribution in [3.05, 3.63) is 35.9 Å². The fourth-order valence-corrected chi connectivity index (χ4v) is 1.01. The highest BCUT2D eigenvalue weighted by atomic mass is 35.5. The molecule has 0 saturated carbocycles. The lowest BCUT2D eigenvalue weighted by atomic mass is 10.2. The van der Waals surface area contributed by atoms with Crippen LogP contribution in [0.3, 0.4) is 0 Å². The molecular formula is C11H12ClNO. The van der Waals surface area contributed by atoms with Gasteiger partial charge in [0.2, 0.25) is 0 Å². The molecule has 0 aliphatic heterocycles. The van der Waals surface area contributed by atoms with Crippen LogP contribution in [0, 0.1) is 12.3 Å². The molecule has 3 heteroatoms. The van der Waals surface area contributed by atoms with Gasteiger partial charge in [-0.25, -0.2) is 0 Å². The molecule has 0 bridgehead atoms. The molecule has 0 unspecified atom stereocenters. The van der Waals surface area contributed by atoms with Gasteiger partial charge in [-0.1, -0.05) is 24.1 Å². The van der Waals surface area contributed by atoms with E-state index in [2.05, 4.69) is 5.92 Å². The van der Waals surface area contributed by atoms with Crippen molar-refractivity contribution in [2.24, 2.45) is 0 Å². The minimum atomic E-state index is -0.0430. The second-order valence-electron chi connectivity index (χ2n) is 2.73. The van der Waals surface area contributed by atoms with Crippen molar-refractivity contribution in [3.63, 3.8) is 0 Å². The van der Waals surface area contributed by atoms with E-state index in [0.29, 0.717) is 12.1 Å². The Kier molecular flexibility index (Phi) is 5.43. The standard InChI is InChI=1S/C11H11NO.ClH/c1-3-9-12(2)11(13)10-7-5-4-6-8-10;/h1,4-8H,9H2,2H3;1H. The number of amides is 1. The van der Waals surface area contributed by atoms with Crippen LogP contribution in [0.2, 0.25) is 0 Å². The van der Waals surface area contributed by atoms with Gasteiger partial charge < -0.3 is 4.90 Å². The van der Waals surface area contributed by atoms with E-state index in [1.54, 1.807) is 19.2 Å². The first-order chi connectivity index (χ1) is 6.25. The van der Waals surface area contributed by atoms with Gasteiger partial charge in [0.05, 0.1) is 6.54 Å². The number of hydrogen-bond acceptors (Lipinski definition) is 1. The van der Waals surface area contributed by atoms with Crippen LogP contribution in [-0.2, 0) is 0 Å². The number of benzene rings is 1. The Morgan fingerprint density at radius 3 is 2.50 bits per heavy atom. The normalized spacial score (nSPS) is 8.29. The summed E-state index contributed by atoms with van der Waals surface area (Å²) >= 11 is 0. The van der Waals surface area contributed by atoms with Crippen molar-refractivity contribution in [1.82, 2.24) is 4.90 Å². The summed E-state index contributed by atoms with van der Waals surface area (Å²) in [5, 5.41) is 0. The third-order valence-electron chi connectivity index (χ3n) is 1.70. The van der Waals surface area contributed by atoms with Crippen molar-refractivity contribution in [2.75, 3.05) is 13.6 Å². The van der Waals surface area contributed by atoms with Crippen molar-refractivity contribution in [1.29, 1.82) is 0 Å². The predicted molar refractivity (Wildman–Crippen MR) is 59.5 cm³/mol. The van der Waals surface area contributed by atoms with Gasteiger partial charge in [0.25, 0.3) is 5.91 Å². The van der Waals surface area contributed by atoms with Gasteiger partial charge in [0, 0.05) is 12.6 Å². The van der Waals surface area contributed by atoms with E-state index in [9.17, 15) is 4.79 Å². The zero-order valence-corrected chi connectivity index (χ0v) is 8.75. The van der Waals surface area contributed by atoms with Gasteiger partial charge in [-0.15, -0.1) is 18.8 Å². The van der Waals surface area contributed by atoms with Crippen LogP contribution in [0.25, 0.3) is 0 Å². The lowest BCUT2D eigenvalue weighted by molar-refractivity contribution is 0.0812. The molecular weight excluding hydrogens is 198 g/mol. The molecule has 14 heavy (non-hydrogen) atoms. The third-order valence-corrected chi connectivity index (χ3v) is 1.70. The van der Waals surface area contributed by atoms with E-state index in [1.165, 1.54) is 4.90 Å². The molecule has 0 heterocycles. The first kappa shape index (κ1) is 12.5. The fourth-order valence-electron chi connectivity index (χ4n) is 1.01. The highest BCUT2D eigenvalue weighted by Gasteiger charge is 2.08. The van der Waals surface area contributed by atoms with Gasteiger partial charge in [-0.05, 0) is 12.1 Å². The molecule has 0 aliphatic rings. The molecule has 1 rings (SSSR count). The Morgan fingerprint density at radius 2 is 2.00 bits per heavy atom. The molecule has 74 valence electrons. The van der Waals surface area contributed by atoms with Gasteiger partial charge >= 0.3 is 0 Å². The molecule has 0 saturated heterocycles. The molecule has 0 aromatic heterocycles. The first-order valence-corrected chi connectivity index (χ1v) is 3.99. The van der Waals surface area contributed by atoms with Gasteiger partial charge in [0.15, 0.2) is 0 Å². The summed E-state index contributed by atoms with van der Waals surface area (Å²) in [5.41, 5.74) is 0.667. The molecule has 1 aromatic rings. The molecule has 1 amide bonds. The van der Waals surface area contributed by atoms with Crippen LogP contribution in [0.1, 0.15) is 10.4 Å². The highest BCUT2D eigenvalue weighted by molar-refractivity contribution is 5.94. The van der Waals surface area contributed by atoms with Crippen molar-refractivity contribution < 1.29 is 4.79 Å². The quantitative estimate of drug-likeness (QED) is 0.681. The smallest absolute Gasteiger partial charge is 0.254 e. The maximum Gasteiger partial charge on any atom is 0.254 e. The summed E-state index contributed by atoms with van der Waals surface area (Å²) in [5.74, 6) is 2.38. The molecule has 0 atom stereocenters. The summed E-state index contributed by atoms with van der Waals surface area (Å²) in [7, 11) is 1.69. The Bertz CT molecular complexity index is 329. The topological polar surface area (TPSA) is 20.3 Å². The zero-order valence-electron chi connectivity index (χ0n) is 7.93. The zero-order chi connectivity index (χ0) is 9.68. The minimum absolute atomic E-state index is 0. The summed E-state index contributed by atoms with van der Waals surface area (Å²) in [6.45, 7) is 0.341.